The molecular weight excluding hydrogens is 444 g/mol. The number of halogens is 1. The molecule has 31 heavy (non-hydrogen) atoms. The largest absolute Gasteiger partial charge is 0.494 e. The maximum Gasteiger partial charge on any atom is 0.231 e. The van der Waals surface area contributed by atoms with Gasteiger partial charge in [-0.2, -0.15) is 0 Å². The van der Waals surface area contributed by atoms with Crippen molar-refractivity contribution in [2.75, 3.05) is 19.7 Å². The van der Waals surface area contributed by atoms with Gasteiger partial charge in [0.05, 0.1) is 11.6 Å². The topological polar surface area (TPSA) is 97.6 Å². The van der Waals surface area contributed by atoms with E-state index in [-0.39, 0.29) is 6.79 Å². The van der Waals surface area contributed by atoms with Gasteiger partial charge in [-0.3, -0.25) is 0 Å². The first-order chi connectivity index (χ1) is 14.9. The van der Waals surface area contributed by atoms with Gasteiger partial charge in [-0.05, 0) is 48.9 Å². The van der Waals surface area contributed by atoms with Crippen molar-refractivity contribution in [1.82, 2.24) is 0 Å². The first-order valence-electron chi connectivity index (χ1n) is 9.99. The molecule has 9 heteroatoms. The predicted molar refractivity (Wildman–Crippen MR) is 117 cm³/mol. The van der Waals surface area contributed by atoms with Gasteiger partial charge in [-0.15, -0.1) is 11.8 Å². The summed E-state index contributed by atoms with van der Waals surface area (Å²) in [5.74, 6) is 1.56. The summed E-state index contributed by atoms with van der Waals surface area (Å²) >= 11 is 7.87. The average molecular weight is 469 g/mol. The Balaban J connectivity index is 1.70. The average Bonchev–Trinajstić information content (AvgIpc) is 3.27. The summed E-state index contributed by atoms with van der Waals surface area (Å²) in [7, 11) is 0. The predicted octanol–water partition coefficient (Wildman–Crippen LogP) is 2.90. The van der Waals surface area contributed by atoms with Gasteiger partial charge in [0.15, 0.2) is 11.5 Å². The summed E-state index contributed by atoms with van der Waals surface area (Å²) in [6.45, 7) is 2.52. The maximum atomic E-state index is 10.6. The number of rotatable bonds is 6. The zero-order valence-electron chi connectivity index (χ0n) is 17.2. The molecule has 2 aliphatic rings. The summed E-state index contributed by atoms with van der Waals surface area (Å²) in [6, 6.07) is 9.52. The van der Waals surface area contributed by atoms with Gasteiger partial charge < -0.3 is 34.3 Å². The van der Waals surface area contributed by atoms with Crippen LogP contribution in [0.15, 0.2) is 30.3 Å². The highest BCUT2D eigenvalue weighted by atomic mass is 35.5. The normalized spacial score (nSPS) is 27.4. The molecule has 0 aliphatic carbocycles. The van der Waals surface area contributed by atoms with Gasteiger partial charge in [-0.25, -0.2) is 0 Å². The molecule has 2 aromatic carbocycles. The number of hydrogen-bond donors (Lipinski definition) is 3. The number of aliphatic hydroxyl groups excluding tert-OH is 3. The van der Waals surface area contributed by atoms with Crippen LogP contribution >= 0.6 is 23.4 Å². The maximum absolute atomic E-state index is 10.6. The molecule has 1 fully saturated rings. The van der Waals surface area contributed by atoms with Crippen LogP contribution in [0.4, 0.5) is 0 Å². The first kappa shape index (κ1) is 22.5. The SMILES string of the molecule is CCOc1ccc(Cc2cc([C@@H]3O[C@H](SC)[C@@H](O)[C@H](O)[C@H]3O)c3c(c2Cl)OCO3)cc1. The van der Waals surface area contributed by atoms with E-state index in [4.69, 9.17) is 30.5 Å². The van der Waals surface area contributed by atoms with Crippen LogP contribution in [-0.2, 0) is 11.2 Å². The molecular formula is C22H25ClO7S. The summed E-state index contributed by atoms with van der Waals surface area (Å²) in [4.78, 5) is 0. The minimum atomic E-state index is -1.36. The lowest BCUT2D eigenvalue weighted by Gasteiger charge is -2.40. The molecule has 0 spiro atoms. The Hall–Kier alpha value is -1.68. The lowest BCUT2D eigenvalue weighted by atomic mass is 9.91. The van der Waals surface area contributed by atoms with Crippen molar-refractivity contribution in [3.8, 4) is 17.2 Å². The van der Waals surface area contributed by atoms with Crippen LogP contribution in [0.25, 0.3) is 0 Å². The Labute approximate surface area is 189 Å². The molecule has 0 saturated carbocycles. The molecule has 3 N–H and O–H groups in total. The highest BCUT2D eigenvalue weighted by molar-refractivity contribution is 7.99. The van der Waals surface area contributed by atoms with Crippen molar-refractivity contribution in [2.45, 2.75) is 43.2 Å². The number of benzene rings is 2. The number of hydrogen-bond acceptors (Lipinski definition) is 8. The van der Waals surface area contributed by atoms with Crippen molar-refractivity contribution in [3.63, 3.8) is 0 Å². The Morgan fingerprint density at radius 1 is 1.06 bits per heavy atom. The Morgan fingerprint density at radius 2 is 1.77 bits per heavy atom. The highest BCUT2D eigenvalue weighted by Crippen LogP contribution is 2.49. The number of ether oxygens (including phenoxy) is 4. The zero-order chi connectivity index (χ0) is 22.1. The minimum absolute atomic E-state index is 0.00545. The van der Waals surface area contributed by atoms with Crippen LogP contribution in [0, 0.1) is 0 Å². The molecule has 1 saturated heterocycles. The summed E-state index contributed by atoms with van der Waals surface area (Å²) < 4.78 is 22.7. The lowest BCUT2D eigenvalue weighted by Crippen LogP contribution is -2.52. The van der Waals surface area contributed by atoms with E-state index >= 15 is 0 Å². The molecule has 5 atom stereocenters. The van der Waals surface area contributed by atoms with Crippen molar-refractivity contribution in [2.24, 2.45) is 0 Å². The van der Waals surface area contributed by atoms with Crippen LogP contribution in [-0.4, -0.2) is 58.7 Å². The van der Waals surface area contributed by atoms with E-state index in [2.05, 4.69) is 0 Å². The van der Waals surface area contributed by atoms with Crippen LogP contribution in [0.1, 0.15) is 29.7 Å². The van der Waals surface area contributed by atoms with Gasteiger partial charge in [-0.1, -0.05) is 23.7 Å². The van der Waals surface area contributed by atoms with Crippen molar-refractivity contribution in [3.05, 3.63) is 52.0 Å². The van der Waals surface area contributed by atoms with E-state index in [0.717, 1.165) is 16.9 Å². The molecule has 4 rings (SSSR count). The zero-order valence-corrected chi connectivity index (χ0v) is 18.7. The van der Waals surface area contributed by atoms with Crippen LogP contribution in [0.3, 0.4) is 0 Å². The Bertz CT molecular complexity index is 921. The molecule has 0 bridgehead atoms. The summed E-state index contributed by atoms with van der Waals surface area (Å²) in [6.07, 6.45) is -2.55. The van der Waals surface area contributed by atoms with E-state index in [1.807, 2.05) is 37.3 Å². The van der Waals surface area contributed by atoms with E-state index in [9.17, 15) is 15.3 Å². The lowest BCUT2D eigenvalue weighted by molar-refractivity contribution is -0.200. The van der Waals surface area contributed by atoms with Gasteiger partial charge in [0.1, 0.15) is 35.6 Å². The third-order valence-corrected chi connectivity index (χ3v) is 6.69. The molecule has 2 heterocycles. The third-order valence-electron chi connectivity index (χ3n) is 5.42. The van der Waals surface area contributed by atoms with Gasteiger partial charge in [0.25, 0.3) is 0 Å². The molecule has 0 amide bonds. The summed E-state index contributed by atoms with van der Waals surface area (Å²) in [5.41, 5.74) is 1.60. The first-order valence-corrected chi connectivity index (χ1v) is 11.7. The highest BCUT2D eigenvalue weighted by Gasteiger charge is 2.46. The van der Waals surface area contributed by atoms with Gasteiger partial charge in [0.2, 0.25) is 6.79 Å². The quantitative estimate of drug-likeness (QED) is 0.595. The number of aliphatic hydroxyl groups is 3. The minimum Gasteiger partial charge on any atom is -0.494 e. The monoisotopic (exact) mass is 468 g/mol. The van der Waals surface area contributed by atoms with E-state index in [1.54, 1.807) is 6.26 Å². The van der Waals surface area contributed by atoms with E-state index < -0.39 is 29.9 Å². The second kappa shape index (κ2) is 9.44. The van der Waals surface area contributed by atoms with Crippen LogP contribution < -0.4 is 14.2 Å². The van der Waals surface area contributed by atoms with E-state index in [0.29, 0.717) is 35.1 Å². The van der Waals surface area contributed by atoms with Gasteiger partial charge in [0, 0.05) is 5.56 Å². The van der Waals surface area contributed by atoms with Crippen molar-refractivity contribution >= 4 is 23.4 Å². The summed E-state index contributed by atoms with van der Waals surface area (Å²) in [5, 5.41) is 31.6. The van der Waals surface area contributed by atoms with E-state index in [1.165, 1.54) is 11.8 Å². The number of fused-ring (bicyclic) bond motifs is 1. The molecule has 7 nitrogen and oxygen atoms in total. The fourth-order valence-electron chi connectivity index (χ4n) is 3.85. The molecule has 0 radical (unpaired) electrons. The van der Waals surface area contributed by atoms with Crippen molar-refractivity contribution in [1.29, 1.82) is 0 Å². The van der Waals surface area contributed by atoms with Crippen LogP contribution in [0.5, 0.6) is 17.2 Å². The smallest absolute Gasteiger partial charge is 0.231 e. The molecule has 2 aliphatic heterocycles. The fraction of sp³-hybridized carbons (Fsp3) is 0.455. The standard InChI is InChI=1S/C22H25ClO7S/c1-3-27-13-6-4-11(5-7-13)8-12-9-14(20-21(15(12)23)29-10-28-20)19-17(25)16(24)18(26)22(30-19)31-2/h4-7,9,16-19,22,24-26H,3,8,10H2,1-2H3/t16-,17-,18+,19+,22-/m1/s1. The molecule has 0 unspecified atom stereocenters. The molecule has 2 aromatic rings. The number of thioether (sulfide) groups is 1. The fourth-order valence-corrected chi connectivity index (χ4v) is 4.78. The second-order valence-electron chi connectivity index (χ2n) is 7.39. The third kappa shape index (κ3) is 4.33. The van der Waals surface area contributed by atoms with Crippen molar-refractivity contribution < 1.29 is 34.3 Å². The van der Waals surface area contributed by atoms with Crippen LogP contribution in [0.2, 0.25) is 5.02 Å². The molecule has 0 aromatic heterocycles. The Morgan fingerprint density at radius 3 is 2.45 bits per heavy atom. The second-order valence-corrected chi connectivity index (χ2v) is 8.70. The molecule has 168 valence electrons. The van der Waals surface area contributed by atoms with Gasteiger partial charge >= 0.3 is 0 Å². The Kier molecular flexibility index (Phi) is 6.86.